The SMILES string of the molecule is CC12CCCN(C1)c1nc(OCC34CCCN3CCC4)nc3c(F)c(ncc13)-c1cc(OS(=O)N3CC4CCC(C3)O4)cc3cccc(c13)CCCOC(=O)N2. The molecule has 0 radical (unpaired) electrons. The fraction of sp³-hybridized carbons (Fsp3) is 0.561. The maximum atomic E-state index is 17.6. The number of carbonyl (C=O) groups is 1. The molecule has 0 saturated carbocycles. The van der Waals surface area contributed by atoms with Crippen molar-refractivity contribution in [2.75, 3.05) is 57.4 Å². The normalized spacial score (nSPS) is 27.0. The van der Waals surface area contributed by atoms with Crippen LogP contribution in [0.2, 0.25) is 0 Å². The number of benzene rings is 2. The molecule has 56 heavy (non-hydrogen) atoms. The van der Waals surface area contributed by atoms with Gasteiger partial charge in [-0.25, -0.2) is 9.18 Å². The number of hydrogen-bond donors (Lipinski definition) is 1. The summed E-state index contributed by atoms with van der Waals surface area (Å²) in [5.74, 6) is 0.251. The molecule has 13 nitrogen and oxygen atoms in total. The first-order chi connectivity index (χ1) is 27.2. The molecular formula is C41H48FN7O6S. The molecule has 4 atom stereocenters. The molecule has 0 aliphatic carbocycles. The molecule has 4 unspecified atom stereocenters. The summed E-state index contributed by atoms with van der Waals surface area (Å²) in [7, 11) is 0. The van der Waals surface area contributed by atoms with Gasteiger partial charge in [0.05, 0.1) is 35.3 Å². The van der Waals surface area contributed by atoms with Crippen molar-refractivity contribution in [1.29, 1.82) is 0 Å². The number of aryl methyl sites for hydroxylation is 1. The zero-order valence-electron chi connectivity index (χ0n) is 31.8. The number of alkyl carbamates (subject to hydrolysis) is 1. The Morgan fingerprint density at radius 1 is 1.04 bits per heavy atom. The number of nitrogens with one attached hydrogen (secondary N) is 1. The van der Waals surface area contributed by atoms with Crippen LogP contribution in [0.15, 0.2) is 36.5 Å². The number of anilines is 1. The molecule has 5 saturated heterocycles. The van der Waals surface area contributed by atoms with Gasteiger partial charge in [-0.1, -0.05) is 18.2 Å². The summed E-state index contributed by atoms with van der Waals surface area (Å²) in [5, 5.41) is 5.15. The first-order valence-electron chi connectivity index (χ1n) is 20.2. The molecule has 7 aliphatic rings. The molecule has 0 spiro atoms. The second kappa shape index (κ2) is 14.3. The number of piperidine rings is 1. The van der Waals surface area contributed by atoms with Gasteiger partial charge in [0.1, 0.15) is 29.4 Å². The predicted octanol–water partition coefficient (Wildman–Crippen LogP) is 5.84. The van der Waals surface area contributed by atoms with Gasteiger partial charge in [0, 0.05) is 37.9 Å². The largest absolute Gasteiger partial charge is 0.461 e. The minimum Gasteiger partial charge on any atom is -0.461 e. The van der Waals surface area contributed by atoms with E-state index in [0.717, 1.165) is 80.8 Å². The van der Waals surface area contributed by atoms with E-state index >= 15 is 4.39 Å². The molecule has 1 amide bonds. The number of morpholine rings is 1. The molecule has 5 fully saturated rings. The van der Waals surface area contributed by atoms with Crippen LogP contribution in [0.5, 0.6) is 11.8 Å². The summed E-state index contributed by atoms with van der Waals surface area (Å²) >= 11 is -1.79. The molecule has 9 heterocycles. The van der Waals surface area contributed by atoms with E-state index in [1.165, 1.54) is 0 Å². The van der Waals surface area contributed by atoms with Crippen LogP contribution in [0.3, 0.4) is 0 Å². The Morgan fingerprint density at radius 3 is 2.66 bits per heavy atom. The summed E-state index contributed by atoms with van der Waals surface area (Å²) in [6.45, 7) is 6.88. The van der Waals surface area contributed by atoms with E-state index in [1.54, 1.807) is 12.3 Å². The van der Waals surface area contributed by atoms with Crippen LogP contribution in [0.25, 0.3) is 32.9 Å². The first-order valence-corrected chi connectivity index (χ1v) is 21.3. The highest BCUT2D eigenvalue weighted by molar-refractivity contribution is 7.78. The van der Waals surface area contributed by atoms with Gasteiger partial charge in [0.2, 0.25) is 0 Å². The Hall–Kier alpha value is -4.18. The fourth-order valence-electron chi connectivity index (χ4n) is 10.2. The number of halogens is 1. The number of carbonyl (C=O) groups excluding carboxylic acids is 1. The molecule has 296 valence electrons. The van der Waals surface area contributed by atoms with Crippen LogP contribution in [-0.2, 0) is 27.2 Å². The first kappa shape index (κ1) is 36.2. The summed E-state index contributed by atoms with van der Waals surface area (Å²) in [5.41, 5.74) is 0.966. The topological polar surface area (TPSA) is 131 Å². The van der Waals surface area contributed by atoms with E-state index in [-0.39, 0.29) is 41.6 Å². The van der Waals surface area contributed by atoms with E-state index in [9.17, 15) is 9.00 Å². The van der Waals surface area contributed by atoms with Crippen molar-refractivity contribution in [3.8, 4) is 23.0 Å². The quantitative estimate of drug-likeness (QED) is 0.253. The van der Waals surface area contributed by atoms with Crippen molar-refractivity contribution in [2.24, 2.45) is 0 Å². The standard InChI is InChI=1S/C41H48FN7O6S/c1-40-12-4-15-47(24-40)37-32-21-43-35(34(42)36(32)44-38(45-37)53-25-41-13-5-16-48(41)17-6-14-41)31-20-30(55-56(51)49-22-28-10-11-29(23-49)54-28)19-27-8-2-7-26(33(27)31)9-3-18-52-39(50)46-40/h2,7-8,19-21,28-29H,3-6,9-18,22-25H2,1H3,(H,46,50). The van der Waals surface area contributed by atoms with Crippen LogP contribution in [-0.4, -0.2) is 110 Å². The van der Waals surface area contributed by atoms with Crippen molar-refractivity contribution < 1.29 is 31.8 Å². The molecular weight excluding hydrogens is 738 g/mol. The summed E-state index contributed by atoms with van der Waals surface area (Å²) < 4.78 is 57.4. The molecule has 11 rings (SSSR count). The molecule has 1 N–H and O–H groups in total. The van der Waals surface area contributed by atoms with Crippen LogP contribution in [0, 0.1) is 5.82 Å². The monoisotopic (exact) mass is 785 g/mol. The second-order valence-electron chi connectivity index (χ2n) is 16.8. The third-order valence-corrected chi connectivity index (χ3v) is 13.9. The molecule has 7 aliphatic heterocycles. The van der Waals surface area contributed by atoms with E-state index < -0.39 is 28.7 Å². The van der Waals surface area contributed by atoms with Gasteiger partial charge in [-0.2, -0.15) is 18.5 Å². The third-order valence-electron chi connectivity index (χ3n) is 12.8. The smallest absolute Gasteiger partial charge is 0.407 e. The highest BCUT2D eigenvalue weighted by Gasteiger charge is 2.45. The lowest BCUT2D eigenvalue weighted by atomic mass is 9.91. The number of amides is 1. The number of ether oxygens (including phenoxy) is 3. The highest BCUT2D eigenvalue weighted by atomic mass is 32.2. The number of fused-ring (bicyclic) bond motifs is 9. The summed E-state index contributed by atoms with van der Waals surface area (Å²) in [6, 6.07) is 9.57. The van der Waals surface area contributed by atoms with Crippen LogP contribution >= 0.6 is 0 Å². The lowest BCUT2D eigenvalue weighted by molar-refractivity contribution is -0.0115. The van der Waals surface area contributed by atoms with Crippen molar-refractivity contribution in [1.82, 2.24) is 29.5 Å². The van der Waals surface area contributed by atoms with Gasteiger partial charge < -0.3 is 28.6 Å². The second-order valence-corrected chi connectivity index (χ2v) is 17.9. The number of hydrogen-bond acceptors (Lipinski definition) is 11. The number of rotatable bonds is 6. The van der Waals surface area contributed by atoms with Crippen LogP contribution in [0.1, 0.15) is 70.3 Å². The Bertz CT molecular complexity index is 2210. The Balaban J connectivity index is 1.10. The van der Waals surface area contributed by atoms with Crippen LogP contribution < -0.4 is 19.1 Å². The lowest BCUT2D eigenvalue weighted by Crippen LogP contribution is -2.57. The molecule has 15 heteroatoms. The number of pyridine rings is 1. The van der Waals surface area contributed by atoms with Crippen molar-refractivity contribution >= 4 is 44.9 Å². The fourth-order valence-corrected chi connectivity index (χ4v) is 11.1. The van der Waals surface area contributed by atoms with Gasteiger partial charge in [0.25, 0.3) is 11.3 Å². The highest BCUT2D eigenvalue weighted by Crippen LogP contribution is 2.42. The number of nitrogens with zero attached hydrogens (tertiary/aromatic N) is 6. The molecule has 8 bridgehead atoms. The maximum absolute atomic E-state index is 17.6. The third kappa shape index (κ3) is 6.63. The zero-order valence-corrected chi connectivity index (χ0v) is 32.6. The lowest BCUT2D eigenvalue weighted by Gasteiger charge is -2.41. The van der Waals surface area contributed by atoms with Gasteiger partial charge >= 0.3 is 12.1 Å². The van der Waals surface area contributed by atoms with E-state index in [4.69, 9.17) is 33.3 Å². The predicted molar refractivity (Wildman–Crippen MR) is 209 cm³/mol. The average Bonchev–Trinajstić information content (AvgIpc) is 3.88. The minimum absolute atomic E-state index is 0.0426. The number of aromatic nitrogens is 3. The molecule has 4 aromatic rings. The summed E-state index contributed by atoms with van der Waals surface area (Å²) in [4.78, 5) is 32.3. The zero-order chi connectivity index (χ0) is 38.0. The van der Waals surface area contributed by atoms with Crippen LogP contribution in [0.4, 0.5) is 15.0 Å². The van der Waals surface area contributed by atoms with Gasteiger partial charge in [0.15, 0.2) is 5.82 Å². The summed E-state index contributed by atoms with van der Waals surface area (Å²) in [6.07, 6.45) is 10.1. The Labute approximate surface area is 328 Å². The van der Waals surface area contributed by atoms with Crippen molar-refractivity contribution in [2.45, 2.75) is 94.4 Å². The van der Waals surface area contributed by atoms with E-state index in [0.29, 0.717) is 68.1 Å². The Kier molecular flexibility index (Phi) is 9.26. The van der Waals surface area contributed by atoms with Gasteiger partial charge in [-0.15, -0.1) is 0 Å². The van der Waals surface area contributed by atoms with Gasteiger partial charge in [-0.3, -0.25) is 9.88 Å². The minimum atomic E-state index is -1.79. The van der Waals surface area contributed by atoms with E-state index in [1.807, 2.05) is 35.5 Å². The van der Waals surface area contributed by atoms with E-state index in [2.05, 4.69) is 15.1 Å². The van der Waals surface area contributed by atoms with Crippen molar-refractivity contribution in [3.05, 3.63) is 47.9 Å². The molecule has 2 aromatic heterocycles. The molecule has 2 aromatic carbocycles. The van der Waals surface area contributed by atoms with Gasteiger partial charge in [-0.05, 0) is 113 Å². The van der Waals surface area contributed by atoms with Crippen molar-refractivity contribution in [3.63, 3.8) is 0 Å². The maximum Gasteiger partial charge on any atom is 0.407 e. The average molecular weight is 786 g/mol. The Morgan fingerprint density at radius 2 is 1.84 bits per heavy atom.